The van der Waals surface area contributed by atoms with Crippen molar-refractivity contribution < 1.29 is 18.9 Å². The van der Waals surface area contributed by atoms with Gasteiger partial charge < -0.3 is 20.4 Å². The molecule has 0 aliphatic carbocycles. The van der Waals surface area contributed by atoms with Gasteiger partial charge >= 0.3 is 0 Å². The van der Waals surface area contributed by atoms with Crippen molar-refractivity contribution in [1.29, 1.82) is 5.26 Å². The van der Waals surface area contributed by atoms with Crippen LogP contribution < -0.4 is 16.0 Å². The Morgan fingerprint density at radius 3 is 2.50 bits per heavy atom. The zero-order chi connectivity index (χ0) is 28.8. The van der Waals surface area contributed by atoms with Gasteiger partial charge in [0.15, 0.2) is 0 Å². The highest BCUT2D eigenvalue weighted by Crippen LogP contribution is 2.41. The number of dihydropyridines is 1. The number of benzene rings is 2. The Morgan fingerprint density at radius 1 is 1.15 bits per heavy atom. The summed E-state index contributed by atoms with van der Waals surface area (Å²) in [5.74, 6) is -1.14. The molecule has 10 nitrogen and oxygen atoms in total. The van der Waals surface area contributed by atoms with E-state index in [1.807, 2.05) is 24.3 Å². The lowest BCUT2D eigenvalue weighted by Gasteiger charge is -2.28. The molecule has 40 heavy (non-hydrogen) atoms. The van der Waals surface area contributed by atoms with Crippen LogP contribution in [0.15, 0.2) is 87.1 Å². The van der Waals surface area contributed by atoms with E-state index >= 15 is 0 Å². The molecular weight excluding hydrogens is 530 g/mol. The number of non-ortho nitro benzene ring substituents is 1. The van der Waals surface area contributed by atoms with Gasteiger partial charge in [-0.15, -0.1) is 0 Å². The van der Waals surface area contributed by atoms with E-state index in [4.69, 9.17) is 4.42 Å². The number of thioether (sulfide) groups is 1. The molecule has 3 aromatic rings. The summed E-state index contributed by atoms with van der Waals surface area (Å²) in [6.07, 6.45) is 2.36. The first-order valence-corrected chi connectivity index (χ1v) is 13.4. The Balaban J connectivity index is 1.55. The summed E-state index contributed by atoms with van der Waals surface area (Å²) in [5.41, 5.74) is 3.82. The Hall–Kier alpha value is -4.82. The van der Waals surface area contributed by atoms with Crippen molar-refractivity contribution >= 4 is 40.6 Å². The maximum absolute atomic E-state index is 13.5. The van der Waals surface area contributed by atoms with Crippen molar-refractivity contribution in [2.24, 2.45) is 0 Å². The molecule has 0 saturated heterocycles. The molecule has 204 valence electrons. The van der Waals surface area contributed by atoms with Crippen LogP contribution in [-0.4, -0.2) is 22.5 Å². The maximum atomic E-state index is 13.5. The normalized spacial score (nSPS) is 14.8. The third-order valence-corrected chi connectivity index (χ3v) is 7.40. The largest absolute Gasteiger partial charge is 0.468 e. The number of furan rings is 1. The smallest absolute Gasteiger partial charge is 0.269 e. The van der Waals surface area contributed by atoms with Gasteiger partial charge in [-0.25, -0.2) is 0 Å². The van der Waals surface area contributed by atoms with Crippen LogP contribution in [0.5, 0.6) is 0 Å². The minimum Gasteiger partial charge on any atom is -0.468 e. The highest BCUT2D eigenvalue weighted by atomic mass is 32.2. The molecule has 0 saturated carbocycles. The summed E-state index contributed by atoms with van der Waals surface area (Å²) in [6, 6.07) is 17.3. The number of carbonyl (C=O) groups excluding carboxylic acids is 2. The maximum Gasteiger partial charge on any atom is 0.269 e. The van der Waals surface area contributed by atoms with E-state index in [0.717, 1.165) is 23.7 Å². The lowest BCUT2D eigenvalue weighted by molar-refractivity contribution is -0.384. The number of aryl methyl sites for hydroxylation is 2. The van der Waals surface area contributed by atoms with E-state index in [2.05, 4.69) is 28.9 Å². The van der Waals surface area contributed by atoms with Gasteiger partial charge in [-0.2, -0.15) is 5.26 Å². The highest BCUT2D eigenvalue weighted by molar-refractivity contribution is 8.03. The summed E-state index contributed by atoms with van der Waals surface area (Å²) in [4.78, 5) is 36.7. The standard InChI is InChI=1S/C29H27N5O5S/c1-4-19-7-9-20(10-8-19)32-28(36)26-18(3)31-29(22(15-30)27(26)24-6-5-13-39-24)40-16-25(35)33-23-12-11-21(34(37)38)14-17(23)2/h5-14,27,31H,4,16H2,1-3H3,(H,32,36)(H,33,35)/t27-/m0/s1. The van der Waals surface area contributed by atoms with E-state index in [0.29, 0.717) is 39.0 Å². The van der Waals surface area contributed by atoms with E-state index in [1.165, 1.54) is 24.5 Å². The molecule has 4 rings (SSSR count). The number of hydrogen-bond donors (Lipinski definition) is 3. The molecule has 2 amide bonds. The minimum atomic E-state index is -0.779. The quantitative estimate of drug-likeness (QED) is 0.222. The first-order chi connectivity index (χ1) is 19.2. The van der Waals surface area contributed by atoms with Gasteiger partial charge in [-0.3, -0.25) is 19.7 Å². The van der Waals surface area contributed by atoms with Crippen LogP contribution in [0.25, 0.3) is 0 Å². The van der Waals surface area contributed by atoms with Gasteiger partial charge in [0, 0.05) is 29.2 Å². The van der Waals surface area contributed by atoms with E-state index in [9.17, 15) is 25.0 Å². The van der Waals surface area contributed by atoms with Gasteiger partial charge in [-0.1, -0.05) is 30.8 Å². The van der Waals surface area contributed by atoms with Gasteiger partial charge in [-0.05, 0) is 61.7 Å². The lowest BCUT2D eigenvalue weighted by atomic mass is 9.85. The van der Waals surface area contributed by atoms with Gasteiger partial charge in [0.1, 0.15) is 5.76 Å². The third kappa shape index (κ3) is 6.24. The van der Waals surface area contributed by atoms with Crippen LogP contribution >= 0.6 is 11.8 Å². The second-order valence-electron chi connectivity index (χ2n) is 9.06. The first kappa shape index (κ1) is 28.2. The fourth-order valence-corrected chi connectivity index (χ4v) is 5.21. The fraction of sp³-hybridized carbons (Fsp3) is 0.207. The molecule has 0 bridgehead atoms. The molecule has 0 fully saturated rings. The van der Waals surface area contributed by atoms with E-state index in [1.54, 1.807) is 26.0 Å². The fourth-order valence-electron chi connectivity index (χ4n) is 4.32. The third-order valence-electron chi connectivity index (χ3n) is 6.38. The molecule has 3 N–H and O–H groups in total. The van der Waals surface area contributed by atoms with Crippen LogP contribution in [0.2, 0.25) is 0 Å². The van der Waals surface area contributed by atoms with Gasteiger partial charge in [0.25, 0.3) is 11.6 Å². The van der Waals surface area contributed by atoms with Crippen LogP contribution in [0.4, 0.5) is 17.1 Å². The summed E-state index contributed by atoms with van der Waals surface area (Å²) >= 11 is 1.12. The number of nitro groups is 1. The zero-order valence-corrected chi connectivity index (χ0v) is 22.9. The molecule has 11 heteroatoms. The van der Waals surface area contributed by atoms with Crippen molar-refractivity contribution in [2.45, 2.75) is 33.1 Å². The first-order valence-electron chi connectivity index (χ1n) is 12.4. The van der Waals surface area contributed by atoms with Crippen molar-refractivity contribution in [1.82, 2.24) is 5.32 Å². The monoisotopic (exact) mass is 557 g/mol. The van der Waals surface area contributed by atoms with Crippen LogP contribution in [0.3, 0.4) is 0 Å². The summed E-state index contributed by atoms with van der Waals surface area (Å²) in [6.45, 7) is 5.46. The molecule has 1 aliphatic heterocycles. The number of carbonyl (C=O) groups is 2. The Kier molecular flexibility index (Phi) is 8.71. The van der Waals surface area contributed by atoms with Crippen LogP contribution in [0, 0.1) is 28.4 Å². The Morgan fingerprint density at radius 2 is 1.90 bits per heavy atom. The number of nitriles is 1. The summed E-state index contributed by atoms with van der Waals surface area (Å²) in [5, 5.41) is 30.4. The average molecular weight is 558 g/mol. The summed E-state index contributed by atoms with van der Waals surface area (Å²) < 4.78 is 5.64. The van der Waals surface area contributed by atoms with Gasteiger partial charge in [0.05, 0.1) is 45.1 Å². The highest BCUT2D eigenvalue weighted by Gasteiger charge is 2.36. The lowest BCUT2D eigenvalue weighted by Crippen LogP contribution is -2.31. The van der Waals surface area contributed by atoms with Crippen LogP contribution in [-0.2, 0) is 16.0 Å². The molecule has 2 heterocycles. The number of nitrogens with zero attached hydrogens (tertiary/aromatic N) is 2. The predicted octanol–water partition coefficient (Wildman–Crippen LogP) is 5.77. The number of nitrogens with one attached hydrogen (secondary N) is 3. The van der Waals surface area contributed by atoms with Gasteiger partial charge in [0.2, 0.25) is 5.91 Å². The SMILES string of the molecule is CCc1ccc(NC(=O)C2=C(C)NC(SCC(=O)Nc3ccc([N+](=O)[O-])cc3C)=C(C#N)[C@H]2c2ccco2)cc1. The minimum absolute atomic E-state index is 0.0482. The van der Waals surface area contributed by atoms with Crippen molar-refractivity contribution in [3.63, 3.8) is 0 Å². The predicted molar refractivity (Wildman–Crippen MR) is 153 cm³/mol. The molecule has 2 aromatic carbocycles. The molecule has 1 atom stereocenters. The number of anilines is 2. The van der Waals surface area contributed by atoms with Crippen molar-refractivity contribution in [2.75, 3.05) is 16.4 Å². The number of amides is 2. The second kappa shape index (κ2) is 12.4. The Labute approximate surface area is 235 Å². The molecule has 0 spiro atoms. The number of hydrogen-bond acceptors (Lipinski definition) is 8. The molecule has 0 radical (unpaired) electrons. The number of allylic oxidation sites excluding steroid dienone is 2. The van der Waals surface area contributed by atoms with E-state index < -0.39 is 10.8 Å². The molecular formula is C29H27N5O5S. The van der Waals surface area contributed by atoms with Crippen molar-refractivity contribution in [3.8, 4) is 6.07 Å². The van der Waals surface area contributed by atoms with E-state index in [-0.39, 0.29) is 28.8 Å². The average Bonchev–Trinajstić information content (AvgIpc) is 3.47. The van der Waals surface area contributed by atoms with Crippen LogP contribution in [0.1, 0.15) is 36.7 Å². The topological polar surface area (TPSA) is 150 Å². The zero-order valence-electron chi connectivity index (χ0n) is 22.1. The summed E-state index contributed by atoms with van der Waals surface area (Å²) in [7, 11) is 0. The number of nitro benzene ring substituents is 1. The Bertz CT molecular complexity index is 1550. The molecule has 1 aromatic heterocycles. The number of rotatable bonds is 9. The molecule has 1 aliphatic rings. The second-order valence-corrected chi connectivity index (χ2v) is 10.1. The van der Waals surface area contributed by atoms with Crippen molar-refractivity contribution in [3.05, 3.63) is 110 Å². The molecule has 0 unspecified atom stereocenters.